The van der Waals surface area contributed by atoms with E-state index >= 15 is 0 Å². The van der Waals surface area contributed by atoms with Crippen molar-refractivity contribution in [1.82, 2.24) is 0 Å². The maximum atomic E-state index is 12.5. The Bertz CT molecular complexity index is 834. The van der Waals surface area contributed by atoms with Gasteiger partial charge in [-0.15, -0.1) is 0 Å². The van der Waals surface area contributed by atoms with Crippen LogP contribution in [0.2, 0.25) is 0 Å². The van der Waals surface area contributed by atoms with Gasteiger partial charge < -0.3 is 14.0 Å². The molecule has 0 aliphatic rings. The third-order valence-corrected chi connectivity index (χ3v) is 6.63. The number of carbonyl (C=O) groups excluding carboxylic acids is 1. The highest BCUT2D eigenvalue weighted by atomic mass is 16.6. The van der Waals surface area contributed by atoms with Crippen molar-refractivity contribution in [3.05, 3.63) is 65.7 Å². The van der Waals surface area contributed by atoms with Gasteiger partial charge in [0.2, 0.25) is 0 Å². The first-order valence-corrected chi connectivity index (χ1v) is 13.6. The first kappa shape index (κ1) is 28.9. The molecular weight excluding hydrogens is 434 g/mol. The second-order valence-electron chi connectivity index (χ2n) is 10.5. The van der Waals surface area contributed by atoms with Gasteiger partial charge in [-0.2, -0.15) is 0 Å². The number of unbranched alkanes of at least 4 members (excludes halogenated alkanes) is 6. The molecule has 0 saturated heterocycles. The third-order valence-electron chi connectivity index (χ3n) is 6.63. The molecule has 1 unspecified atom stereocenters. The van der Waals surface area contributed by atoms with Crippen LogP contribution in [0, 0.1) is 5.92 Å². The molecule has 0 heterocycles. The molecule has 0 aliphatic carbocycles. The van der Waals surface area contributed by atoms with Crippen LogP contribution in [0.3, 0.4) is 0 Å². The predicted molar refractivity (Wildman–Crippen MR) is 145 cm³/mol. The van der Waals surface area contributed by atoms with Gasteiger partial charge in [0.1, 0.15) is 25.5 Å². The van der Waals surface area contributed by atoms with Crippen molar-refractivity contribution < 1.29 is 18.8 Å². The predicted octanol–water partition coefficient (Wildman–Crippen LogP) is 7.20. The molecule has 2 rings (SSSR count). The SMILES string of the molecule is CCCCCCCCCc1ccccc1OCCOC(=O)C(C)CC[N+](C)(C)Cc1ccccc1. The molecule has 2 aromatic carbocycles. The number of ether oxygens (including phenoxy) is 2. The summed E-state index contributed by atoms with van der Waals surface area (Å²) in [5.41, 5.74) is 2.57. The lowest BCUT2D eigenvalue weighted by Gasteiger charge is -2.30. The number of para-hydroxylation sites is 1. The minimum absolute atomic E-state index is 0.118. The van der Waals surface area contributed by atoms with Crippen LogP contribution in [-0.4, -0.2) is 44.3 Å². The number of hydrogen-bond donors (Lipinski definition) is 0. The molecule has 2 aromatic rings. The van der Waals surface area contributed by atoms with Crippen LogP contribution in [0.1, 0.15) is 76.3 Å². The summed E-state index contributed by atoms with van der Waals surface area (Å²) in [4.78, 5) is 12.5. The molecule has 4 nitrogen and oxygen atoms in total. The fourth-order valence-electron chi connectivity index (χ4n) is 4.38. The van der Waals surface area contributed by atoms with E-state index in [1.807, 2.05) is 25.1 Å². The van der Waals surface area contributed by atoms with Crippen molar-refractivity contribution in [2.24, 2.45) is 5.92 Å². The number of carbonyl (C=O) groups is 1. The molecule has 4 heteroatoms. The third kappa shape index (κ3) is 12.3. The molecular formula is C31H48NO3+. The van der Waals surface area contributed by atoms with Crippen LogP contribution in [0.25, 0.3) is 0 Å². The molecule has 0 aromatic heterocycles. The van der Waals surface area contributed by atoms with Gasteiger partial charge >= 0.3 is 5.97 Å². The number of rotatable bonds is 18. The average Bonchev–Trinajstić information content (AvgIpc) is 2.85. The van der Waals surface area contributed by atoms with E-state index in [1.54, 1.807) is 0 Å². The van der Waals surface area contributed by atoms with Crippen LogP contribution >= 0.6 is 0 Å². The van der Waals surface area contributed by atoms with Gasteiger partial charge in [0.15, 0.2) is 0 Å². The maximum Gasteiger partial charge on any atom is 0.308 e. The molecule has 1 atom stereocenters. The van der Waals surface area contributed by atoms with Crippen molar-refractivity contribution >= 4 is 5.97 Å². The van der Waals surface area contributed by atoms with Crippen molar-refractivity contribution in [3.8, 4) is 5.75 Å². The Labute approximate surface area is 214 Å². The maximum absolute atomic E-state index is 12.5. The largest absolute Gasteiger partial charge is 0.490 e. The highest BCUT2D eigenvalue weighted by Gasteiger charge is 2.21. The first-order chi connectivity index (χ1) is 16.9. The van der Waals surface area contributed by atoms with E-state index < -0.39 is 0 Å². The lowest BCUT2D eigenvalue weighted by Crippen LogP contribution is -2.40. The first-order valence-electron chi connectivity index (χ1n) is 13.6. The molecule has 0 radical (unpaired) electrons. The zero-order chi connectivity index (χ0) is 25.4. The summed E-state index contributed by atoms with van der Waals surface area (Å²) in [6.45, 7) is 6.78. The second-order valence-corrected chi connectivity index (χ2v) is 10.5. The molecule has 0 bridgehead atoms. The summed E-state index contributed by atoms with van der Waals surface area (Å²) in [5.74, 6) is 0.667. The van der Waals surface area contributed by atoms with Crippen molar-refractivity contribution in [3.63, 3.8) is 0 Å². The minimum Gasteiger partial charge on any atom is -0.490 e. The summed E-state index contributed by atoms with van der Waals surface area (Å²) >= 11 is 0. The normalized spacial score (nSPS) is 12.3. The van der Waals surface area contributed by atoms with Gasteiger partial charge in [0.05, 0.1) is 26.6 Å². The quantitative estimate of drug-likeness (QED) is 0.128. The highest BCUT2D eigenvalue weighted by molar-refractivity contribution is 5.71. The Morgan fingerprint density at radius 2 is 1.51 bits per heavy atom. The molecule has 35 heavy (non-hydrogen) atoms. The standard InChI is InChI=1S/C31H48NO3/c1-5-6-7-8-9-10-14-19-29-20-15-16-21-30(29)34-24-25-35-31(33)27(2)22-23-32(3,4)26-28-17-12-11-13-18-28/h11-13,15-18,20-21,27H,5-10,14,19,22-26H2,1-4H3/q+1. The topological polar surface area (TPSA) is 35.5 Å². The molecule has 194 valence electrons. The van der Waals surface area contributed by atoms with E-state index in [2.05, 4.69) is 57.4 Å². The van der Waals surface area contributed by atoms with E-state index in [-0.39, 0.29) is 18.5 Å². The number of quaternary nitrogens is 1. The lowest BCUT2D eigenvalue weighted by atomic mass is 10.0. The van der Waals surface area contributed by atoms with E-state index in [0.29, 0.717) is 6.61 Å². The number of nitrogens with zero attached hydrogens (tertiary/aromatic N) is 1. The lowest BCUT2D eigenvalue weighted by molar-refractivity contribution is -0.904. The van der Waals surface area contributed by atoms with Crippen molar-refractivity contribution in [2.75, 3.05) is 33.9 Å². The number of aryl methyl sites for hydroxylation is 1. The smallest absolute Gasteiger partial charge is 0.308 e. The summed E-state index contributed by atoms with van der Waals surface area (Å²) < 4.78 is 12.3. The van der Waals surface area contributed by atoms with Gasteiger partial charge in [-0.05, 0) is 24.5 Å². The van der Waals surface area contributed by atoms with Crippen LogP contribution in [0.4, 0.5) is 0 Å². The van der Waals surface area contributed by atoms with Gasteiger partial charge in [0, 0.05) is 12.0 Å². The van der Waals surface area contributed by atoms with Crippen molar-refractivity contribution in [2.45, 2.75) is 78.2 Å². The molecule has 0 saturated carbocycles. The van der Waals surface area contributed by atoms with Gasteiger partial charge in [0.25, 0.3) is 0 Å². The van der Waals surface area contributed by atoms with Gasteiger partial charge in [-0.3, -0.25) is 4.79 Å². The van der Waals surface area contributed by atoms with Crippen LogP contribution < -0.4 is 4.74 Å². The number of benzene rings is 2. The molecule has 0 fully saturated rings. The number of hydrogen-bond acceptors (Lipinski definition) is 3. The van der Waals surface area contributed by atoms with E-state index in [0.717, 1.165) is 36.2 Å². The Hall–Kier alpha value is -2.33. The zero-order valence-corrected chi connectivity index (χ0v) is 22.6. The molecule has 0 amide bonds. The Morgan fingerprint density at radius 1 is 0.857 bits per heavy atom. The molecule has 0 N–H and O–H groups in total. The minimum atomic E-state index is -0.135. The van der Waals surface area contributed by atoms with Crippen LogP contribution in [0.15, 0.2) is 54.6 Å². The summed E-state index contributed by atoms with van der Waals surface area (Å²) in [6.07, 6.45) is 11.0. The van der Waals surface area contributed by atoms with Gasteiger partial charge in [-0.25, -0.2) is 0 Å². The number of esters is 1. The Kier molecular flexibility index (Phi) is 13.5. The Balaban J connectivity index is 1.64. The van der Waals surface area contributed by atoms with Gasteiger partial charge in [-0.1, -0.05) is 101 Å². The van der Waals surface area contributed by atoms with E-state index in [9.17, 15) is 4.79 Å². The average molecular weight is 483 g/mol. The van der Waals surface area contributed by atoms with Crippen LogP contribution in [0.5, 0.6) is 5.75 Å². The highest BCUT2D eigenvalue weighted by Crippen LogP contribution is 2.21. The fraction of sp³-hybridized carbons (Fsp3) is 0.581. The fourth-order valence-corrected chi connectivity index (χ4v) is 4.38. The molecule has 0 spiro atoms. The Morgan fingerprint density at radius 3 is 2.26 bits per heavy atom. The second kappa shape index (κ2) is 16.4. The zero-order valence-electron chi connectivity index (χ0n) is 22.6. The van der Waals surface area contributed by atoms with Crippen molar-refractivity contribution in [1.29, 1.82) is 0 Å². The summed E-state index contributed by atoms with van der Waals surface area (Å²) in [6, 6.07) is 18.8. The van der Waals surface area contributed by atoms with E-state index in [4.69, 9.17) is 9.47 Å². The summed E-state index contributed by atoms with van der Waals surface area (Å²) in [5, 5.41) is 0. The monoisotopic (exact) mass is 482 g/mol. The molecule has 0 aliphatic heterocycles. The summed E-state index contributed by atoms with van der Waals surface area (Å²) in [7, 11) is 4.42. The van der Waals surface area contributed by atoms with E-state index in [1.165, 1.54) is 56.1 Å². The van der Waals surface area contributed by atoms with Crippen LogP contribution in [-0.2, 0) is 22.5 Å².